The Kier molecular flexibility index (Phi) is 8.72. The third kappa shape index (κ3) is 6.14. The number of carbonyl (C=O) groups is 2. The Bertz CT molecular complexity index is 1540. The Labute approximate surface area is 242 Å². The maximum atomic E-state index is 13.4. The van der Waals surface area contributed by atoms with Crippen molar-refractivity contribution in [1.29, 1.82) is 0 Å². The maximum absolute atomic E-state index is 13.4. The molecule has 0 bridgehead atoms. The minimum atomic E-state index is -0.948. The van der Waals surface area contributed by atoms with E-state index in [1.165, 1.54) is 6.42 Å². The lowest BCUT2D eigenvalue weighted by Crippen LogP contribution is -2.45. The van der Waals surface area contributed by atoms with Gasteiger partial charge < -0.3 is 15.0 Å². The summed E-state index contributed by atoms with van der Waals surface area (Å²) >= 11 is 0. The van der Waals surface area contributed by atoms with Gasteiger partial charge in [0.1, 0.15) is 5.82 Å². The highest BCUT2D eigenvalue weighted by atomic mass is 16.4. The molecule has 0 radical (unpaired) electrons. The number of anilines is 1. The molecule has 41 heavy (non-hydrogen) atoms. The molecule has 2 amide bonds. The summed E-state index contributed by atoms with van der Waals surface area (Å²) in [6.07, 6.45) is 7.39. The van der Waals surface area contributed by atoms with Gasteiger partial charge in [0.2, 0.25) is 0 Å². The quantitative estimate of drug-likeness (QED) is 0.224. The summed E-state index contributed by atoms with van der Waals surface area (Å²) in [6, 6.07) is 19.6. The molecule has 0 saturated heterocycles. The lowest BCUT2D eigenvalue weighted by atomic mass is 9.96. The Hall–Kier alpha value is -4.13. The molecule has 5 rings (SSSR count). The number of hydrogen-bond acceptors (Lipinski definition) is 3. The van der Waals surface area contributed by atoms with Crippen LogP contribution in [0.1, 0.15) is 79.7 Å². The number of rotatable bonds is 9. The number of carboxylic acids is 1. The first-order chi connectivity index (χ1) is 19.9. The molecule has 2 N–H and O–H groups in total. The van der Waals surface area contributed by atoms with Crippen LogP contribution >= 0.6 is 0 Å². The number of urea groups is 1. The molecular formula is C34H40N4O3. The second-order valence-electron chi connectivity index (χ2n) is 11.1. The molecule has 7 heteroatoms. The van der Waals surface area contributed by atoms with E-state index < -0.39 is 5.97 Å². The van der Waals surface area contributed by atoms with Crippen molar-refractivity contribution in [3.63, 3.8) is 0 Å². The van der Waals surface area contributed by atoms with Gasteiger partial charge in [-0.2, -0.15) is 0 Å². The van der Waals surface area contributed by atoms with Crippen LogP contribution in [-0.2, 0) is 13.0 Å². The van der Waals surface area contributed by atoms with Crippen LogP contribution in [0.3, 0.4) is 0 Å². The number of amides is 2. The molecule has 1 heterocycles. The molecule has 1 aliphatic carbocycles. The van der Waals surface area contributed by atoms with Crippen LogP contribution in [0.25, 0.3) is 22.2 Å². The van der Waals surface area contributed by atoms with Crippen molar-refractivity contribution in [3.8, 4) is 11.1 Å². The summed E-state index contributed by atoms with van der Waals surface area (Å²) in [4.78, 5) is 32.5. The zero-order valence-corrected chi connectivity index (χ0v) is 24.3. The number of carboxylic acid groups (broad SMARTS) is 1. The lowest BCUT2D eigenvalue weighted by Gasteiger charge is -2.28. The molecule has 4 aromatic rings. The molecule has 1 aromatic heterocycles. The number of aryl methyl sites for hydroxylation is 2. The third-order valence-electron chi connectivity index (χ3n) is 8.13. The number of nitrogens with one attached hydrogen (secondary N) is 1. The monoisotopic (exact) mass is 552 g/mol. The van der Waals surface area contributed by atoms with Crippen LogP contribution in [0.15, 0.2) is 60.7 Å². The number of hydrogen-bond donors (Lipinski definition) is 2. The van der Waals surface area contributed by atoms with Gasteiger partial charge in [0.15, 0.2) is 0 Å². The number of benzene rings is 3. The fraction of sp³-hybridized carbons (Fsp3) is 0.382. The topological polar surface area (TPSA) is 87.5 Å². The van der Waals surface area contributed by atoms with E-state index in [2.05, 4.69) is 28.9 Å². The van der Waals surface area contributed by atoms with Crippen molar-refractivity contribution in [2.24, 2.45) is 0 Å². The van der Waals surface area contributed by atoms with Gasteiger partial charge in [-0.25, -0.2) is 14.6 Å². The van der Waals surface area contributed by atoms with Crippen LogP contribution < -0.4 is 10.2 Å². The highest BCUT2D eigenvalue weighted by Crippen LogP contribution is 2.30. The molecular weight excluding hydrogens is 512 g/mol. The SMILES string of the molecule is CCCc1nc2c(C)cc(N(CC)C(=O)NC3CCCCC3)cc2n1Cc1ccc(-c2ccccc2)c(C(=O)O)c1. The number of aromatic carboxylic acids is 1. The van der Waals surface area contributed by atoms with Gasteiger partial charge in [-0.05, 0) is 73.6 Å². The molecule has 1 aliphatic rings. The summed E-state index contributed by atoms with van der Waals surface area (Å²) in [5, 5.41) is 13.3. The van der Waals surface area contributed by atoms with Crippen LogP contribution in [0, 0.1) is 6.92 Å². The molecule has 0 spiro atoms. The van der Waals surface area contributed by atoms with Crippen molar-refractivity contribution in [2.45, 2.75) is 78.3 Å². The van der Waals surface area contributed by atoms with Crippen LogP contribution in [-0.4, -0.2) is 39.2 Å². The zero-order chi connectivity index (χ0) is 28.9. The molecule has 3 aromatic carbocycles. The molecule has 1 saturated carbocycles. The fourth-order valence-corrected chi connectivity index (χ4v) is 6.03. The summed E-state index contributed by atoms with van der Waals surface area (Å²) in [7, 11) is 0. The van der Waals surface area contributed by atoms with Gasteiger partial charge in [0.25, 0.3) is 0 Å². The van der Waals surface area contributed by atoms with Crippen LogP contribution in [0.5, 0.6) is 0 Å². The van der Waals surface area contributed by atoms with Crippen molar-refractivity contribution < 1.29 is 14.7 Å². The molecule has 0 aliphatic heterocycles. The first kappa shape index (κ1) is 28.4. The van der Waals surface area contributed by atoms with Gasteiger partial charge in [-0.1, -0.05) is 68.7 Å². The number of carbonyl (C=O) groups excluding carboxylic acids is 1. The Balaban J connectivity index is 1.52. The standard InChI is InChI=1S/C34H40N4O3/c1-4-12-31-36-32-23(3)19-27(37(5-2)34(41)35-26-15-10-7-11-16-26)21-30(32)38(31)22-24-17-18-28(29(20-24)33(39)40)25-13-8-6-9-14-25/h6,8-9,13-14,17-21,26H,4-5,7,10-12,15-16,22H2,1-3H3,(H,35,41)(H,39,40). The lowest BCUT2D eigenvalue weighted by molar-refractivity contribution is 0.0697. The summed E-state index contributed by atoms with van der Waals surface area (Å²) in [5.41, 5.74) is 6.49. The second kappa shape index (κ2) is 12.6. The summed E-state index contributed by atoms with van der Waals surface area (Å²) < 4.78 is 2.19. The van der Waals surface area contributed by atoms with Gasteiger partial charge in [0, 0.05) is 31.2 Å². The van der Waals surface area contributed by atoms with E-state index in [-0.39, 0.29) is 17.6 Å². The average molecular weight is 553 g/mol. The maximum Gasteiger partial charge on any atom is 0.336 e. The van der Waals surface area contributed by atoms with E-state index in [1.807, 2.05) is 61.2 Å². The van der Waals surface area contributed by atoms with Gasteiger partial charge in [-0.15, -0.1) is 0 Å². The molecule has 0 atom stereocenters. The van der Waals surface area contributed by atoms with E-state index >= 15 is 0 Å². The number of aromatic nitrogens is 2. The smallest absolute Gasteiger partial charge is 0.336 e. The van der Waals surface area contributed by atoms with E-state index in [0.717, 1.165) is 77.8 Å². The summed E-state index contributed by atoms with van der Waals surface area (Å²) in [5.74, 6) is 0.0112. The molecule has 214 valence electrons. The van der Waals surface area contributed by atoms with Crippen LogP contribution in [0.4, 0.5) is 10.5 Å². The Morgan fingerprint density at radius 3 is 2.46 bits per heavy atom. The van der Waals surface area contributed by atoms with E-state index in [4.69, 9.17) is 4.98 Å². The predicted octanol–water partition coefficient (Wildman–Crippen LogP) is 7.58. The van der Waals surface area contributed by atoms with E-state index in [9.17, 15) is 14.7 Å². The average Bonchev–Trinajstić information content (AvgIpc) is 3.32. The minimum absolute atomic E-state index is 0.0550. The second-order valence-corrected chi connectivity index (χ2v) is 11.1. The van der Waals surface area contributed by atoms with Gasteiger partial charge in [-0.3, -0.25) is 4.90 Å². The largest absolute Gasteiger partial charge is 0.478 e. The van der Waals surface area contributed by atoms with Crippen molar-refractivity contribution >= 4 is 28.7 Å². The molecule has 7 nitrogen and oxygen atoms in total. The van der Waals surface area contributed by atoms with E-state index in [1.54, 1.807) is 6.07 Å². The fourth-order valence-electron chi connectivity index (χ4n) is 6.03. The number of fused-ring (bicyclic) bond motifs is 1. The van der Waals surface area contributed by atoms with Crippen molar-refractivity contribution in [2.75, 3.05) is 11.4 Å². The number of nitrogens with zero attached hydrogens (tertiary/aromatic N) is 3. The Morgan fingerprint density at radius 1 is 1.02 bits per heavy atom. The van der Waals surface area contributed by atoms with Crippen molar-refractivity contribution in [3.05, 3.63) is 83.2 Å². The first-order valence-electron chi connectivity index (χ1n) is 14.9. The van der Waals surface area contributed by atoms with Gasteiger partial charge in [0.05, 0.1) is 16.6 Å². The predicted molar refractivity (Wildman–Crippen MR) is 165 cm³/mol. The van der Waals surface area contributed by atoms with E-state index in [0.29, 0.717) is 18.7 Å². The number of imidazole rings is 1. The van der Waals surface area contributed by atoms with Crippen LogP contribution in [0.2, 0.25) is 0 Å². The van der Waals surface area contributed by atoms with Gasteiger partial charge >= 0.3 is 12.0 Å². The first-order valence-corrected chi connectivity index (χ1v) is 14.9. The highest BCUT2D eigenvalue weighted by molar-refractivity contribution is 5.97. The molecule has 1 fully saturated rings. The Morgan fingerprint density at radius 2 is 1.78 bits per heavy atom. The zero-order valence-electron chi connectivity index (χ0n) is 24.3. The third-order valence-corrected chi connectivity index (χ3v) is 8.13. The minimum Gasteiger partial charge on any atom is -0.478 e. The molecule has 0 unspecified atom stereocenters. The highest BCUT2D eigenvalue weighted by Gasteiger charge is 2.23. The normalized spacial score (nSPS) is 13.8. The summed E-state index contributed by atoms with van der Waals surface area (Å²) in [6.45, 7) is 7.23. The van der Waals surface area contributed by atoms with Crippen molar-refractivity contribution in [1.82, 2.24) is 14.9 Å².